The van der Waals surface area contributed by atoms with Gasteiger partial charge in [0.1, 0.15) is 18.2 Å². The highest BCUT2D eigenvalue weighted by Gasteiger charge is 2.44. The van der Waals surface area contributed by atoms with Crippen molar-refractivity contribution in [2.75, 3.05) is 34.9 Å². The second-order valence-electron chi connectivity index (χ2n) is 18.7. The Kier molecular flexibility index (Phi) is 21.9. The molecule has 1 fully saturated rings. The maximum Gasteiger partial charge on any atom is 0.410 e. The maximum atomic E-state index is 14.7. The molecule has 0 radical (unpaired) electrons. The summed E-state index contributed by atoms with van der Waals surface area (Å²) in [6, 6.07) is 13.9. The van der Waals surface area contributed by atoms with Gasteiger partial charge < -0.3 is 39.8 Å². The molecular formula is C49H74IN5O9S2. The fraction of sp³-hybridized carbons (Fsp3) is 0.653. The SMILES string of the molecule is CC[C@H](C)[C@@H]([C@@H](CC(=O)N1CCC[C@H]1[C@H](OC)[C@@H](C)C(=O)N[C@H](C)[C@@H](O)c1ccccc1)OC)N(C)C(=O)[C@@H](NC(=O)[C@H](C(C)C)N(C)C(=O)O[C@H]1Cc2ccccc2[C@@H]1SSI)C(C)C. The molecule has 66 heavy (non-hydrogen) atoms. The van der Waals surface area contributed by atoms with Crippen LogP contribution in [0.2, 0.25) is 0 Å². The first-order chi connectivity index (χ1) is 31.3. The number of likely N-dealkylation sites (N-methyl/N-ethyl adjacent to an activating group) is 2. The number of nitrogens with one attached hydrogen (secondary N) is 2. The van der Waals surface area contributed by atoms with Crippen LogP contribution in [0.5, 0.6) is 0 Å². The fourth-order valence-electron chi connectivity index (χ4n) is 9.68. The Bertz CT molecular complexity index is 1920. The molecule has 1 saturated heterocycles. The molecule has 4 rings (SSSR count). The van der Waals surface area contributed by atoms with Crippen molar-refractivity contribution >= 4 is 69.7 Å². The van der Waals surface area contributed by atoms with Crippen LogP contribution >= 0.6 is 40.0 Å². The first-order valence-electron chi connectivity index (χ1n) is 23.2. The van der Waals surface area contributed by atoms with Crippen LogP contribution in [0, 0.1) is 23.7 Å². The highest BCUT2D eigenvalue weighted by atomic mass is 127. The van der Waals surface area contributed by atoms with Crippen molar-refractivity contribution in [1.82, 2.24) is 25.3 Å². The van der Waals surface area contributed by atoms with Gasteiger partial charge in [-0.05, 0) is 62.2 Å². The summed E-state index contributed by atoms with van der Waals surface area (Å²) in [6.07, 6.45) is -0.629. The highest BCUT2D eigenvalue weighted by molar-refractivity contribution is 14.2. The van der Waals surface area contributed by atoms with Gasteiger partial charge in [-0.3, -0.25) is 24.1 Å². The summed E-state index contributed by atoms with van der Waals surface area (Å²) in [5, 5.41) is 16.8. The molecule has 3 N–H and O–H groups in total. The van der Waals surface area contributed by atoms with E-state index in [9.17, 15) is 29.1 Å². The van der Waals surface area contributed by atoms with Crippen LogP contribution in [-0.4, -0.2) is 133 Å². The van der Waals surface area contributed by atoms with Crippen LogP contribution in [0.15, 0.2) is 54.6 Å². The van der Waals surface area contributed by atoms with E-state index in [-0.39, 0.29) is 53.2 Å². The lowest BCUT2D eigenvalue weighted by molar-refractivity contribution is -0.148. The molecule has 1 aliphatic heterocycles. The minimum atomic E-state index is -0.951. The number of carbonyl (C=O) groups is 5. The quantitative estimate of drug-likeness (QED) is 0.0735. The number of rotatable bonds is 23. The molecule has 5 amide bonds. The van der Waals surface area contributed by atoms with E-state index in [1.807, 2.05) is 84.0 Å². The van der Waals surface area contributed by atoms with Gasteiger partial charge in [-0.1, -0.05) is 120 Å². The van der Waals surface area contributed by atoms with E-state index in [0.29, 0.717) is 31.4 Å². The van der Waals surface area contributed by atoms with E-state index < -0.39 is 66.5 Å². The number of halogens is 1. The Hall–Kier alpha value is -3.10. The second-order valence-corrected chi connectivity index (χ2v) is 23.7. The molecule has 368 valence electrons. The number of fused-ring (bicyclic) bond motifs is 1. The van der Waals surface area contributed by atoms with E-state index in [2.05, 4.69) is 44.0 Å². The number of aliphatic hydroxyl groups is 1. The molecule has 2 aromatic rings. The van der Waals surface area contributed by atoms with E-state index in [0.717, 1.165) is 17.5 Å². The summed E-state index contributed by atoms with van der Waals surface area (Å²) in [6.45, 7) is 15.5. The zero-order valence-electron chi connectivity index (χ0n) is 40.8. The Morgan fingerprint density at radius 3 is 2.12 bits per heavy atom. The summed E-state index contributed by atoms with van der Waals surface area (Å²) in [4.78, 5) is 75.5. The molecule has 0 spiro atoms. The smallest absolute Gasteiger partial charge is 0.410 e. The number of likely N-dealkylation sites (tertiary alicyclic amines) is 1. The standard InChI is InChI=1S/C49H74IN5O9S2/c1-13-30(6)42(37(62-11)27-39(56)55-25-19-24-36(55)44(63-12)31(7)46(58)51-32(8)43(57)33-20-15-14-16-21-33)53(9)48(60)40(28(2)3)52-47(59)41(29(4)5)54(10)49(61)64-38-26-34-22-17-18-23-35(34)45(38)65-66-50/h14-18,20-23,28-32,36-38,40-45,57H,13,19,24-27H2,1-12H3,(H,51,58)(H,52,59)/t30-,31+,32+,36-,37+,38-,40-,41-,42-,43+,44+,45-/m0/s1. The van der Waals surface area contributed by atoms with Crippen LogP contribution in [0.4, 0.5) is 4.79 Å². The van der Waals surface area contributed by atoms with Gasteiger partial charge in [-0.15, -0.1) is 0 Å². The highest BCUT2D eigenvalue weighted by Crippen LogP contribution is 2.50. The normalized spacial score (nSPS) is 21.2. The molecule has 0 saturated carbocycles. The molecule has 1 heterocycles. The monoisotopic (exact) mass is 1070 g/mol. The summed E-state index contributed by atoms with van der Waals surface area (Å²) in [5.41, 5.74) is 2.97. The molecule has 0 aromatic heterocycles. The van der Waals surface area contributed by atoms with Crippen molar-refractivity contribution in [3.05, 3.63) is 71.3 Å². The number of carbonyl (C=O) groups excluding carboxylic acids is 5. The minimum absolute atomic E-state index is 0.0278. The van der Waals surface area contributed by atoms with Crippen LogP contribution in [0.25, 0.3) is 0 Å². The number of methoxy groups -OCH3 is 2. The van der Waals surface area contributed by atoms with Crippen molar-refractivity contribution in [2.24, 2.45) is 23.7 Å². The number of amides is 5. The van der Waals surface area contributed by atoms with Crippen molar-refractivity contribution in [3.8, 4) is 0 Å². The van der Waals surface area contributed by atoms with E-state index >= 15 is 0 Å². The van der Waals surface area contributed by atoms with Crippen molar-refractivity contribution < 1.29 is 43.3 Å². The van der Waals surface area contributed by atoms with Crippen LogP contribution < -0.4 is 10.6 Å². The largest absolute Gasteiger partial charge is 0.444 e. The third-order valence-electron chi connectivity index (χ3n) is 13.6. The van der Waals surface area contributed by atoms with Gasteiger partial charge in [-0.25, -0.2) is 4.79 Å². The number of benzene rings is 2. The molecule has 14 nitrogen and oxygen atoms in total. The third kappa shape index (κ3) is 13.6. The molecule has 0 unspecified atom stereocenters. The van der Waals surface area contributed by atoms with Crippen LogP contribution in [0.3, 0.4) is 0 Å². The minimum Gasteiger partial charge on any atom is -0.444 e. The molecule has 2 aromatic carbocycles. The summed E-state index contributed by atoms with van der Waals surface area (Å²) in [5.74, 6) is -2.64. The third-order valence-corrected chi connectivity index (χ3v) is 17.1. The van der Waals surface area contributed by atoms with E-state index in [1.54, 1.807) is 63.6 Å². The van der Waals surface area contributed by atoms with Gasteiger partial charge in [0.2, 0.25) is 23.6 Å². The molecule has 2 aliphatic rings. The average Bonchev–Trinajstić information content (AvgIpc) is 3.92. The van der Waals surface area contributed by atoms with Gasteiger partial charge in [0.05, 0.1) is 54.0 Å². The number of nitrogens with zero attached hydrogens (tertiary/aromatic N) is 3. The topological polar surface area (TPSA) is 167 Å². The second kappa shape index (κ2) is 26.0. The predicted octanol–water partition coefficient (Wildman–Crippen LogP) is 7.78. The molecular weight excluding hydrogens is 994 g/mol. The number of ether oxygens (including phenoxy) is 3. The predicted molar refractivity (Wildman–Crippen MR) is 271 cm³/mol. The Labute approximate surface area is 413 Å². The lowest BCUT2D eigenvalue weighted by Gasteiger charge is -2.41. The number of hydrogen-bond donors (Lipinski definition) is 3. The van der Waals surface area contributed by atoms with Gasteiger partial charge in [-0.2, -0.15) is 0 Å². The summed E-state index contributed by atoms with van der Waals surface area (Å²) in [7, 11) is 9.57. The van der Waals surface area contributed by atoms with Crippen molar-refractivity contribution in [2.45, 2.75) is 147 Å². The zero-order valence-corrected chi connectivity index (χ0v) is 44.6. The summed E-state index contributed by atoms with van der Waals surface area (Å²) < 4.78 is 18.2. The summed E-state index contributed by atoms with van der Waals surface area (Å²) >= 11 is 2.23. The van der Waals surface area contributed by atoms with Gasteiger partial charge in [0.15, 0.2) is 0 Å². The van der Waals surface area contributed by atoms with Crippen molar-refractivity contribution in [3.63, 3.8) is 0 Å². The van der Waals surface area contributed by atoms with Gasteiger partial charge in [0, 0.05) is 62.5 Å². The molecule has 12 atom stereocenters. The van der Waals surface area contributed by atoms with E-state index in [1.165, 1.54) is 12.0 Å². The lowest BCUT2D eigenvalue weighted by atomic mass is 9.89. The first-order valence-corrected chi connectivity index (χ1v) is 28.0. The molecule has 0 bridgehead atoms. The van der Waals surface area contributed by atoms with Crippen molar-refractivity contribution in [1.29, 1.82) is 0 Å². The maximum absolute atomic E-state index is 14.7. The van der Waals surface area contributed by atoms with Crippen LogP contribution in [-0.2, 0) is 39.8 Å². The molecule has 1 aliphatic carbocycles. The lowest BCUT2D eigenvalue weighted by Crippen LogP contribution is -2.60. The Morgan fingerprint density at radius 1 is 0.879 bits per heavy atom. The average molecular weight is 1070 g/mol. The molecule has 17 heteroatoms. The fourth-order valence-corrected chi connectivity index (χ4v) is 13.3. The number of aliphatic hydroxyl groups excluding tert-OH is 1. The zero-order chi connectivity index (χ0) is 49.0. The van der Waals surface area contributed by atoms with Crippen LogP contribution in [0.1, 0.15) is 109 Å². The van der Waals surface area contributed by atoms with Gasteiger partial charge in [0.25, 0.3) is 0 Å². The Morgan fingerprint density at radius 2 is 1.53 bits per heavy atom. The number of hydrogen-bond acceptors (Lipinski definition) is 11. The Balaban J connectivity index is 1.46. The first kappa shape index (κ1) is 55.5. The van der Waals surface area contributed by atoms with E-state index in [4.69, 9.17) is 14.2 Å². The van der Waals surface area contributed by atoms with Gasteiger partial charge >= 0.3 is 6.09 Å².